The smallest absolute Gasteiger partial charge is 0.267 e. The summed E-state index contributed by atoms with van der Waals surface area (Å²) in [7, 11) is 0. The van der Waals surface area contributed by atoms with E-state index in [-0.39, 0.29) is 24.8 Å². The molecule has 7 nitrogen and oxygen atoms in total. The molecule has 0 unspecified atom stereocenters. The molecule has 0 aliphatic carbocycles. The first kappa shape index (κ1) is 16.7. The van der Waals surface area contributed by atoms with Crippen molar-refractivity contribution in [2.75, 3.05) is 5.73 Å². The molecular formula is C18H18N4O3. The van der Waals surface area contributed by atoms with Gasteiger partial charge < -0.3 is 5.73 Å². The first-order chi connectivity index (χ1) is 12.1. The number of para-hydroxylation sites is 1. The molecule has 1 atom stereocenters. The minimum Gasteiger partial charge on any atom is -0.398 e. The van der Waals surface area contributed by atoms with Crippen molar-refractivity contribution in [1.29, 1.82) is 0 Å². The second-order valence-corrected chi connectivity index (χ2v) is 5.75. The number of carbonyl (C=O) groups is 3. The molecule has 3 amide bonds. The molecule has 1 aliphatic rings. The summed E-state index contributed by atoms with van der Waals surface area (Å²) in [4.78, 5) is 37.8. The van der Waals surface area contributed by atoms with Crippen LogP contribution in [0.2, 0.25) is 0 Å². The van der Waals surface area contributed by atoms with Crippen LogP contribution in [0.3, 0.4) is 0 Å². The van der Waals surface area contributed by atoms with Gasteiger partial charge in [0.15, 0.2) is 0 Å². The van der Waals surface area contributed by atoms with E-state index in [1.165, 1.54) is 4.90 Å². The van der Waals surface area contributed by atoms with Gasteiger partial charge in [-0.2, -0.15) is 0 Å². The molecule has 0 radical (unpaired) electrons. The predicted molar refractivity (Wildman–Crippen MR) is 91.9 cm³/mol. The summed E-state index contributed by atoms with van der Waals surface area (Å²) in [5, 5.41) is 0. The quantitative estimate of drug-likeness (QED) is 0.425. The van der Waals surface area contributed by atoms with Crippen LogP contribution in [0.25, 0.3) is 0 Å². The lowest BCUT2D eigenvalue weighted by Crippen LogP contribution is -2.48. The molecule has 2 aromatic rings. The van der Waals surface area contributed by atoms with Crippen molar-refractivity contribution >= 4 is 23.4 Å². The number of carbonyl (C=O) groups excluding carboxylic acids is 3. The monoisotopic (exact) mass is 338 g/mol. The molecule has 1 fully saturated rings. The molecular weight excluding hydrogens is 320 g/mol. The summed E-state index contributed by atoms with van der Waals surface area (Å²) in [6.45, 7) is 0.219. The summed E-state index contributed by atoms with van der Waals surface area (Å²) in [6, 6.07) is 15.1. The largest absolute Gasteiger partial charge is 0.398 e. The highest BCUT2D eigenvalue weighted by molar-refractivity contribution is 6.06. The van der Waals surface area contributed by atoms with Crippen LogP contribution in [-0.4, -0.2) is 28.7 Å². The Morgan fingerprint density at radius 3 is 2.48 bits per heavy atom. The van der Waals surface area contributed by atoms with Gasteiger partial charge in [0, 0.05) is 5.69 Å². The van der Waals surface area contributed by atoms with Crippen LogP contribution in [0.4, 0.5) is 5.69 Å². The van der Waals surface area contributed by atoms with Gasteiger partial charge in [0.1, 0.15) is 6.04 Å². The average molecular weight is 338 g/mol. The third-order valence-corrected chi connectivity index (χ3v) is 3.99. The highest BCUT2D eigenvalue weighted by atomic mass is 16.2. The standard InChI is InChI=1S/C18H18N4O3/c19-14-9-5-4-8-13(14)17(24)21-20-15-10-16(23)22(18(15)25)11-12-6-2-1-3-7-12/h1-9,15,20H,10-11,19H2,(H,21,24)/t15-/m0/s1. The van der Waals surface area contributed by atoms with Crippen LogP contribution >= 0.6 is 0 Å². The highest BCUT2D eigenvalue weighted by Crippen LogP contribution is 2.16. The zero-order valence-corrected chi connectivity index (χ0v) is 13.4. The number of nitrogens with one attached hydrogen (secondary N) is 2. The van der Waals surface area contributed by atoms with Gasteiger partial charge in [-0.3, -0.25) is 24.7 Å². The fourth-order valence-electron chi connectivity index (χ4n) is 2.65. The van der Waals surface area contributed by atoms with Crippen LogP contribution in [0.15, 0.2) is 54.6 Å². The molecule has 4 N–H and O–H groups in total. The number of rotatable bonds is 5. The molecule has 0 saturated carbocycles. The van der Waals surface area contributed by atoms with Crippen LogP contribution in [0.5, 0.6) is 0 Å². The Morgan fingerprint density at radius 1 is 1.08 bits per heavy atom. The Kier molecular flexibility index (Phi) is 4.76. The van der Waals surface area contributed by atoms with Gasteiger partial charge in [0.2, 0.25) is 11.8 Å². The van der Waals surface area contributed by atoms with E-state index >= 15 is 0 Å². The van der Waals surface area contributed by atoms with E-state index in [0.29, 0.717) is 11.3 Å². The fourth-order valence-corrected chi connectivity index (χ4v) is 2.65. The minimum absolute atomic E-state index is 0.00375. The Bertz CT molecular complexity index is 807. The van der Waals surface area contributed by atoms with Crippen molar-refractivity contribution < 1.29 is 14.4 Å². The summed E-state index contributed by atoms with van der Waals surface area (Å²) in [6.07, 6.45) is -0.00375. The number of hydrogen-bond acceptors (Lipinski definition) is 5. The topological polar surface area (TPSA) is 105 Å². The zero-order chi connectivity index (χ0) is 17.8. The number of nitrogens with two attached hydrogens (primary N) is 1. The number of nitrogen functional groups attached to an aromatic ring is 1. The molecule has 3 rings (SSSR count). The molecule has 2 aromatic carbocycles. The summed E-state index contributed by atoms with van der Waals surface area (Å²) in [5.74, 6) is -1.10. The van der Waals surface area contributed by atoms with Crippen molar-refractivity contribution in [3.63, 3.8) is 0 Å². The molecule has 0 bridgehead atoms. The van der Waals surface area contributed by atoms with Crippen LogP contribution in [0, 0.1) is 0 Å². The van der Waals surface area contributed by atoms with Crippen molar-refractivity contribution in [3.05, 3.63) is 65.7 Å². The second-order valence-electron chi connectivity index (χ2n) is 5.75. The first-order valence-corrected chi connectivity index (χ1v) is 7.85. The number of likely N-dealkylation sites (tertiary alicyclic amines) is 1. The molecule has 25 heavy (non-hydrogen) atoms. The SMILES string of the molecule is Nc1ccccc1C(=O)NN[C@H]1CC(=O)N(Cc2ccccc2)C1=O. The first-order valence-electron chi connectivity index (χ1n) is 7.85. The van der Waals surface area contributed by atoms with Gasteiger partial charge in [-0.05, 0) is 17.7 Å². The molecule has 128 valence electrons. The third kappa shape index (κ3) is 3.67. The lowest BCUT2D eigenvalue weighted by atomic mass is 10.2. The van der Waals surface area contributed by atoms with Gasteiger partial charge in [0.05, 0.1) is 18.5 Å². The van der Waals surface area contributed by atoms with Crippen molar-refractivity contribution in [1.82, 2.24) is 15.8 Å². The molecule has 1 aliphatic heterocycles. The van der Waals surface area contributed by atoms with Gasteiger partial charge in [-0.15, -0.1) is 0 Å². The van der Waals surface area contributed by atoms with E-state index in [2.05, 4.69) is 10.9 Å². The highest BCUT2D eigenvalue weighted by Gasteiger charge is 2.38. The van der Waals surface area contributed by atoms with Crippen molar-refractivity contribution in [2.45, 2.75) is 19.0 Å². The maximum atomic E-state index is 12.4. The summed E-state index contributed by atoms with van der Waals surface area (Å²) < 4.78 is 0. The molecule has 7 heteroatoms. The van der Waals surface area contributed by atoms with Crippen molar-refractivity contribution in [3.8, 4) is 0 Å². The predicted octanol–water partition coefficient (Wildman–Crippen LogP) is 0.831. The normalized spacial score (nSPS) is 17.0. The summed E-state index contributed by atoms with van der Waals surface area (Å²) in [5.41, 5.74) is 12.3. The van der Waals surface area contributed by atoms with E-state index < -0.39 is 11.9 Å². The van der Waals surface area contributed by atoms with Gasteiger partial charge in [-0.25, -0.2) is 5.43 Å². The molecule has 0 spiro atoms. The number of amides is 3. The second kappa shape index (κ2) is 7.14. The number of hydrazine groups is 1. The molecule has 1 heterocycles. The van der Waals surface area contributed by atoms with E-state index in [1.54, 1.807) is 24.3 Å². The third-order valence-electron chi connectivity index (χ3n) is 3.99. The maximum absolute atomic E-state index is 12.4. The zero-order valence-electron chi connectivity index (χ0n) is 13.4. The van der Waals surface area contributed by atoms with Gasteiger partial charge in [-0.1, -0.05) is 42.5 Å². The number of hydrogen-bond donors (Lipinski definition) is 3. The number of anilines is 1. The van der Waals surface area contributed by atoms with Crippen LogP contribution < -0.4 is 16.6 Å². The maximum Gasteiger partial charge on any atom is 0.267 e. The lowest BCUT2D eigenvalue weighted by Gasteiger charge is -2.16. The number of benzene rings is 2. The Balaban J connectivity index is 1.61. The lowest BCUT2D eigenvalue weighted by molar-refractivity contribution is -0.139. The van der Waals surface area contributed by atoms with Crippen molar-refractivity contribution in [2.24, 2.45) is 0 Å². The van der Waals surface area contributed by atoms with Crippen LogP contribution in [0.1, 0.15) is 22.3 Å². The Hall–Kier alpha value is -3.19. The van der Waals surface area contributed by atoms with Gasteiger partial charge in [0.25, 0.3) is 5.91 Å². The van der Waals surface area contributed by atoms with E-state index in [4.69, 9.17) is 5.73 Å². The van der Waals surface area contributed by atoms with Crippen LogP contribution in [-0.2, 0) is 16.1 Å². The molecule has 1 saturated heterocycles. The summed E-state index contributed by atoms with van der Waals surface area (Å²) >= 11 is 0. The average Bonchev–Trinajstić information content (AvgIpc) is 2.88. The van der Waals surface area contributed by atoms with E-state index in [0.717, 1.165) is 5.56 Å². The molecule has 0 aromatic heterocycles. The Labute approximate surface area is 144 Å². The van der Waals surface area contributed by atoms with E-state index in [9.17, 15) is 14.4 Å². The number of imide groups is 1. The van der Waals surface area contributed by atoms with E-state index in [1.807, 2.05) is 30.3 Å². The minimum atomic E-state index is -0.787. The van der Waals surface area contributed by atoms with Gasteiger partial charge >= 0.3 is 0 Å². The number of nitrogens with zero attached hydrogens (tertiary/aromatic N) is 1. The Morgan fingerprint density at radius 2 is 1.76 bits per heavy atom. The fraction of sp³-hybridized carbons (Fsp3) is 0.167.